The molecule has 33 heavy (non-hydrogen) atoms. The molecule has 0 spiro atoms. The number of piperidine rings is 1. The van der Waals surface area contributed by atoms with E-state index in [0.717, 1.165) is 71.2 Å². The third-order valence-corrected chi connectivity index (χ3v) is 6.87. The molecule has 1 fully saturated rings. The van der Waals surface area contributed by atoms with Gasteiger partial charge < -0.3 is 5.32 Å². The van der Waals surface area contributed by atoms with Crippen molar-refractivity contribution in [2.75, 3.05) is 18.4 Å². The monoisotopic (exact) mass is 478 g/mol. The number of fused-ring (bicyclic) bond motifs is 1. The summed E-state index contributed by atoms with van der Waals surface area (Å²) in [5.74, 6) is 1.38. The van der Waals surface area contributed by atoms with E-state index in [1.165, 1.54) is 0 Å². The van der Waals surface area contributed by atoms with E-state index >= 15 is 0 Å². The molecule has 5 rings (SSSR count). The first kappa shape index (κ1) is 22.2. The van der Waals surface area contributed by atoms with Gasteiger partial charge in [-0.3, -0.25) is 9.88 Å². The number of anilines is 1. The molecular weight excluding hydrogens is 454 g/mol. The predicted octanol–water partition coefficient (Wildman–Crippen LogP) is 3.68. The Bertz CT molecular complexity index is 1250. The quantitative estimate of drug-likeness (QED) is 0.428. The molecule has 6 nitrogen and oxygen atoms in total. The highest BCUT2D eigenvalue weighted by molar-refractivity contribution is 6.36. The number of pyridine rings is 1. The van der Waals surface area contributed by atoms with Crippen LogP contribution in [0.1, 0.15) is 35.6 Å². The maximum Gasteiger partial charge on any atom is 0.151 e. The summed E-state index contributed by atoms with van der Waals surface area (Å²) in [6, 6.07) is 11.9. The minimum absolute atomic E-state index is 0.417. The van der Waals surface area contributed by atoms with Gasteiger partial charge in [0.05, 0.1) is 0 Å². The first-order valence-corrected chi connectivity index (χ1v) is 12.0. The van der Waals surface area contributed by atoms with Crippen LogP contribution in [0.2, 0.25) is 10.0 Å². The molecule has 0 amide bonds. The largest absolute Gasteiger partial charge is 0.366 e. The molecule has 1 aliphatic heterocycles. The van der Waals surface area contributed by atoms with Crippen LogP contribution in [0.15, 0.2) is 55.0 Å². The van der Waals surface area contributed by atoms with Crippen LogP contribution in [0.25, 0.3) is 5.65 Å². The molecule has 0 bridgehead atoms. The van der Waals surface area contributed by atoms with E-state index < -0.39 is 0 Å². The van der Waals surface area contributed by atoms with Crippen molar-refractivity contribution in [2.24, 2.45) is 0 Å². The normalized spacial score (nSPS) is 15.2. The smallest absolute Gasteiger partial charge is 0.151 e. The Labute approximate surface area is 204 Å². The molecule has 9 heteroatoms. The van der Waals surface area contributed by atoms with Crippen LogP contribution in [0.5, 0.6) is 0 Å². The van der Waals surface area contributed by atoms with Crippen LogP contribution < -0.4 is 10.8 Å². The van der Waals surface area contributed by atoms with Crippen molar-refractivity contribution in [3.63, 3.8) is 0 Å². The fourth-order valence-corrected chi connectivity index (χ4v) is 4.87. The first-order valence-electron chi connectivity index (χ1n) is 11.2. The van der Waals surface area contributed by atoms with Gasteiger partial charge in [0.25, 0.3) is 0 Å². The average Bonchev–Trinajstić information content (AvgIpc) is 3.21. The summed E-state index contributed by atoms with van der Waals surface area (Å²) in [6.45, 7) is 3.54. The highest BCUT2D eigenvalue weighted by Gasteiger charge is 2.24. The lowest BCUT2D eigenvalue weighted by molar-refractivity contribution is 0.203. The zero-order chi connectivity index (χ0) is 22.8. The minimum Gasteiger partial charge on any atom is -0.366 e. The van der Waals surface area contributed by atoms with Crippen LogP contribution in [-0.2, 0) is 13.1 Å². The van der Waals surface area contributed by atoms with Gasteiger partial charge in [0.15, 0.2) is 5.65 Å². The molecular formula is C24H25BCl2N6. The van der Waals surface area contributed by atoms with Gasteiger partial charge in [0.1, 0.15) is 13.7 Å². The maximum absolute atomic E-state index is 6.38. The second-order valence-corrected chi connectivity index (χ2v) is 9.47. The highest BCUT2D eigenvalue weighted by atomic mass is 35.5. The van der Waals surface area contributed by atoms with Crippen molar-refractivity contribution in [2.45, 2.75) is 31.8 Å². The van der Waals surface area contributed by atoms with E-state index in [-0.39, 0.29) is 0 Å². The van der Waals surface area contributed by atoms with E-state index in [4.69, 9.17) is 28.2 Å². The zero-order valence-corrected chi connectivity index (χ0v) is 20.0. The molecule has 1 aliphatic rings. The highest BCUT2D eigenvalue weighted by Crippen LogP contribution is 2.30. The number of hydrogen-bond acceptors (Lipinski definition) is 5. The number of aromatic nitrogens is 4. The van der Waals surface area contributed by atoms with Gasteiger partial charge in [0.2, 0.25) is 0 Å². The van der Waals surface area contributed by atoms with Crippen molar-refractivity contribution in [3.05, 3.63) is 81.9 Å². The first-order chi connectivity index (χ1) is 16.1. The van der Waals surface area contributed by atoms with E-state index in [1.807, 2.05) is 41.2 Å². The molecule has 0 unspecified atom stereocenters. The number of rotatable bonds is 6. The third-order valence-electron chi connectivity index (χ3n) is 6.28. The van der Waals surface area contributed by atoms with Gasteiger partial charge in [-0.05, 0) is 60.7 Å². The Morgan fingerprint density at radius 3 is 2.70 bits per heavy atom. The van der Waals surface area contributed by atoms with Gasteiger partial charge >= 0.3 is 0 Å². The molecule has 4 heterocycles. The Morgan fingerprint density at radius 1 is 1.09 bits per heavy atom. The van der Waals surface area contributed by atoms with Crippen LogP contribution in [0, 0.1) is 0 Å². The lowest BCUT2D eigenvalue weighted by Crippen LogP contribution is -2.33. The molecule has 0 aliphatic carbocycles. The number of likely N-dealkylation sites (tertiary alicyclic amines) is 1. The number of halogens is 2. The van der Waals surface area contributed by atoms with Crippen molar-refractivity contribution < 1.29 is 0 Å². The summed E-state index contributed by atoms with van der Waals surface area (Å²) >= 11 is 12.4. The van der Waals surface area contributed by atoms with E-state index in [2.05, 4.69) is 40.3 Å². The van der Waals surface area contributed by atoms with E-state index in [0.29, 0.717) is 17.5 Å². The fourth-order valence-electron chi connectivity index (χ4n) is 4.40. The Morgan fingerprint density at radius 2 is 1.94 bits per heavy atom. The number of nitrogens with zero attached hydrogens (tertiary/aromatic N) is 5. The summed E-state index contributed by atoms with van der Waals surface area (Å²) in [4.78, 5) is 11.7. The standard InChI is InChI=1S/C24H25BCl2N6/c25-20-14-30-33-23(29-13-16-2-1-7-28-12-16)11-22(31-24(20)33)17-5-8-32(9-6-17)15-18-3-4-19(26)10-21(18)27/h1-4,7,10-12,14,17,29H,5-6,8-9,13,15,25H2. The van der Waals surface area contributed by atoms with Crippen molar-refractivity contribution >= 4 is 48.0 Å². The number of benzene rings is 1. The Kier molecular flexibility index (Phi) is 6.53. The lowest BCUT2D eigenvalue weighted by Gasteiger charge is -2.32. The van der Waals surface area contributed by atoms with Crippen LogP contribution in [0.3, 0.4) is 0 Å². The molecule has 168 valence electrons. The molecule has 1 N–H and O–H groups in total. The van der Waals surface area contributed by atoms with Gasteiger partial charge in [-0.15, -0.1) is 0 Å². The summed E-state index contributed by atoms with van der Waals surface area (Å²) in [5, 5.41) is 9.48. The van der Waals surface area contributed by atoms with Gasteiger partial charge in [-0.2, -0.15) is 9.61 Å². The molecule has 0 atom stereocenters. The molecule has 3 aromatic heterocycles. The molecule has 0 radical (unpaired) electrons. The van der Waals surface area contributed by atoms with Crippen molar-refractivity contribution in [1.29, 1.82) is 0 Å². The summed E-state index contributed by atoms with van der Waals surface area (Å²) in [7, 11) is 2.06. The third kappa shape index (κ3) is 5.00. The van der Waals surface area contributed by atoms with Gasteiger partial charge in [0, 0.05) is 59.4 Å². The number of hydrogen-bond donors (Lipinski definition) is 1. The molecule has 4 aromatic rings. The van der Waals surface area contributed by atoms with Gasteiger partial charge in [-0.25, -0.2) is 4.98 Å². The van der Waals surface area contributed by atoms with Crippen molar-refractivity contribution in [1.82, 2.24) is 24.5 Å². The molecule has 1 saturated heterocycles. The van der Waals surface area contributed by atoms with Gasteiger partial charge in [-0.1, -0.05) is 35.3 Å². The van der Waals surface area contributed by atoms with E-state index in [9.17, 15) is 0 Å². The SMILES string of the molecule is Bc1cnn2c(NCc3cccnc3)cc(C3CCN(Cc4ccc(Cl)cc4Cl)CC3)nc12. The average molecular weight is 479 g/mol. The van der Waals surface area contributed by atoms with Crippen LogP contribution in [-0.4, -0.2) is 45.4 Å². The fraction of sp³-hybridized carbons (Fsp3) is 0.292. The topological polar surface area (TPSA) is 58.4 Å². The zero-order valence-electron chi connectivity index (χ0n) is 18.5. The summed E-state index contributed by atoms with van der Waals surface area (Å²) in [6.07, 6.45) is 7.66. The summed E-state index contributed by atoms with van der Waals surface area (Å²) in [5.41, 5.74) is 5.37. The lowest BCUT2D eigenvalue weighted by atomic mass is 9.92. The summed E-state index contributed by atoms with van der Waals surface area (Å²) < 4.78 is 1.90. The minimum atomic E-state index is 0.417. The maximum atomic E-state index is 6.38. The number of nitrogens with one attached hydrogen (secondary N) is 1. The van der Waals surface area contributed by atoms with Crippen molar-refractivity contribution in [3.8, 4) is 0 Å². The predicted molar refractivity (Wildman–Crippen MR) is 136 cm³/mol. The van der Waals surface area contributed by atoms with E-state index in [1.54, 1.807) is 6.20 Å². The molecule has 1 aromatic carbocycles. The molecule has 0 saturated carbocycles. The van der Waals surface area contributed by atoms with Crippen LogP contribution >= 0.6 is 23.2 Å². The Balaban J connectivity index is 1.31. The second kappa shape index (κ2) is 9.71. The Hall–Kier alpha value is -2.61. The second-order valence-electron chi connectivity index (χ2n) is 8.63. The van der Waals surface area contributed by atoms with Crippen LogP contribution in [0.4, 0.5) is 5.82 Å².